The molecule has 0 N–H and O–H groups in total. The molecule has 0 bridgehead atoms. The predicted molar refractivity (Wildman–Crippen MR) is 127 cm³/mol. The molecule has 2 aliphatic heterocycles. The number of nitrogens with zero attached hydrogens (tertiary/aromatic N) is 3. The lowest BCUT2D eigenvalue weighted by atomic mass is 9.84. The zero-order valence-corrected chi connectivity index (χ0v) is 18.9. The molecular formula is C26H27ClN3O2+. The van der Waals surface area contributed by atoms with Crippen LogP contribution in [0.3, 0.4) is 0 Å². The Hall–Kier alpha value is -2.73. The lowest BCUT2D eigenvalue weighted by Gasteiger charge is -2.27. The van der Waals surface area contributed by atoms with Gasteiger partial charge in [-0.1, -0.05) is 36.4 Å². The highest BCUT2D eigenvalue weighted by Gasteiger charge is 2.48. The van der Waals surface area contributed by atoms with Crippen LogP contribution in [-0.4, -0.2) is 29.3 Å². The number of hydrogen-bond acceptors (Lipinski definition) is 4. The van der Waals surface area contributed by atoms with Crippen molar-refractivity contribution in [2.75, 3.05) is 7.11 Å². The van der Waals surface area contributed by atoms with Crippen LogP contribution in [0.5, 0.6) is 5.75 Å². The normalized spacial score (nSPS) is 26.8. The molecular weight excluding hydrogens is 422 g/mol. The van der Waals surface area contributed by atoms with Crippen molar-refractivity contribution in [2.24, 2.45) is 15.9 Å². The van der Waals surface area contributed by atoms with Crippen LogP contribution in [0, 0.1) is 5.92 Å². The fourth-order valence-corrected chi connectivity index (χ4v) is 4.98. The molecule has 1 aliphatic carbocycles. The minimum absolute atomic E-state index is 0.0190. The Morgan fingerprint density at radius 2 is 1.84 bits per heavy atom. The number of halogens is 1. The first-order valence-electron chi connectivity index (χ1n) is 11.1. The molecule has 6 heteroatoms. The van der Waals surface area contributed by atoms with Crippen molar-refractivity contribution in [3.05, 3.63) is 89.5 Å². The second-order valence-electron chi connectivity index (χ2n) is 8.43. The monoisotopic (exact) mass is 448 g/mol. The zero-order valence-electron chi connectivity index (χ0n) is 18.2. The van der Waals surface area contributed by atoms with Crippen LogP contribution in [0.1, 0.15) is 36.8 Å². The molecule has 0 radical (unpaired) electrons. The number of ether oxygens (including phenoxy) is 2. The Morgan fingerprint density at radius 1 is 1.03 bits per heavy atom. The van der Waals surface area contributed by atoms with E-state index >= 15 is 0 Å². The average molecular weight is 449 g/mol. The van der Waals surface area contributed by atoms with Gasteiger partial charge in [-0.15, -0.1) is 4.00 Å². The van der Waals surface area contributed by atoms with E-state index in [0.29, 0.717) is 18.6 Å². The van der Waals surface area contributed by atoms with Gasteiger partial charge in [-0.2, -0.15) is 4.99 Å². The number of allylic oxidation sites excluding steroid dienone is 2. The van der Waals surface area contributed by atoms with Gasteiger partial charge < -0.3 is 9.47 Å². The number of quaternary nitrogens is 1. The summed E-state index contributed by atoms with van der Waals surface area (Å²) in [5.74, 6) is 1.95. The third-order valence-electron chi connectivity index (χ3n) is 6.44. The van der Waals surface area contributed by atoms with Gasteiger partial charge in [0.1, 0.15) is 24.3 Å². The van der Waals surface area contributed by atoms with E-state index in [0.717, 1.165) is 59.8 Å². The second kappa shape index (κ2) is 9.02. The van der Waals surface area contributed by atoms with Crippen LogP contribution in [0.2, 0.25) is 0 Å². The number of amidine groups is 1. The van der Waals surface area contributed by atoms with E-state index in [2.05, 4.69) is 17.1 Å². The Balaban J connectivity index is 1.42. The molecule has 1 fully saturated rings. The molecule has 5 rings (SSSR count). The molecule has 2 aromatic carbocycles. The fraction of sp³-hybridized carbons (Fsp3) is 0.308. The number of aliphatic imine (C=N–C) groups is 2. The van der Waals surface area contributed by atoms with E-state index < -0.39 is 0 Å². The Kier molecular flexibility index (Phi) is 5.96. The molecule has 32 heavy (non-hydrogen) atoms. The van der Waals surface area contributed by atoms with Crippen LogP contribution < -0.4 is 4.74 Å². The number of benzene rings is 2. The lowest BCUT2D eigenvalue weighted by molar-refractivity contribution is -0.600. The third-order valence-corrected chi connectivity index (χ3v) is 6.89. The van der Waals surface area contributed by atoms with E-state index in [1.165, 1.54) is 0 Å². The van der Waals surface area contributed by atoms with Crippen LogP contribution in [-0.2, 0) is 11.3 Å². The highest BCUT2D eigenvalue weighted by molar-refractivity contribution is 6.20. The van der Waals surface area contributed by atoms with Crippen LogP contribution >= 0.6 is 11.8 Å². The largest absolute Gasteiger partial charge is 0.489 e. The Bertz CT molecular complexity index is 1100. The third kappa shape index (κ3) is 4.04. The molecule has 0 amide bonds. The molecule has 0 aromatic heterocycles. The van der Waals surface area contributed by atoms with Gasteiger partial charge in [0.05, 0.1) is 24.1 Å². The standard InChI is InChI=1S/C26H27ClN3O2/c1-31-22-12-10-20(11-13-22)25-24-17-28-14-15-30(24,27)26(29-25)21-8-5-9-23(16-21)32-18-19-6-3-2-4-7-19/h2-9,14-17,20,22H,10-13,18H2,1H3/q+1. The number of hydrogen-bond donors (Lipinski definition) is 0. The van der Waals surface area contributed by atoms with Gasteiger partial charge in [0.25, 0.3) is 5.84 Å². The highest BCUT2D eigenvalue weighted by Crippen LogP contribution is 2.43. The first kappa shape index (κ1) is 21.1. The van der Waals surface area contributed by atoms with Crippen LogP contribution in [0.15, 0.2) is 88.4 Å². The fourth-order valence-electron chi connectivity index (χ4n) is 4.66. The number of rotatable bonds is 6. The summed E-state index contributed by atoms with van der Waals surface area (Å²) >= 11 is 7.17. The molecule has 1 unspecified atom stereocenters. The maximum absolute atomic E-state index is 7.17. The summed E-state index contributed by atoms with van der Waals surface area (Å²) in [5.41, 5.74) is 4.07. The maximum atomic E-state index is 7.17. The van der Waals surface area contributed by atoms with Crippen LogP contribution in [0.4, 0.5) is 0 Å². The van der Waals surface area contributed by atoms with Gasteiger partial charge in [-0.05, 0) is 49.4 Å². The summed E-state index contributed by atoms with van der Waals surface area (Å²) in [4.78, 5) is 9.47. The van der Waals surface area contributed by atoms with Gasteiger partial charge in [0.2, 0.25) is 5.70 Å². The van der Waals surface area contributed by atoms with Crippen LogP contribution in [0.25, 0.3) is 0 Å². The summed E-state index contributed by atoms with van der Waals surface area (Å²) < 4.78 is 11.6. The van der Waals surface area contributed by atoms with Crippen molar-refractivity contribution >= 4 is 23.8 Å². The van der Waals surface area contributed by atoms with Crippen molar-refractivity contribution < 1.29 is 13.5 Å². The van der Waals surface area contributed by atoms with Gasteiger partial charge in [-0.3, -0.25) is 4.99 Å². The van der Waals surface area contributed by atoms with E-state index in [9.17, 15) is 0 Å². The Morgan fingerprint density at radius 3 is 2.62 bits per heavy atom. The van der Waals surface area contributed by atoms with Gasteiger partial charge >= 0.3 is 0 Å². The van der Waals surface area contributed by atoms with E-state index in [1.54, 1.807) is 13.3 Å². The molecule has 164 valence electrons. The molecule has 0 saturated heterocycles. The molecule has 2 heterocycles. The van der Waals surface area contributed by atoms with Crippen molar-refractivity contribution in [1.82, 2.24) is 0 Å². The van der Waals surface area contributed by atoms with Gasteiger partial charge in [0.15, 0.2) is 11.8 Å². The average Bonchev–Trinajstić information content (AvgIpc) is 3.16. The topological polar surface area (TPSA) is 43.2 Å². The smallest absolute Gasteiger partial charge is 0.263 e. The van der Waals surface area contributed by atoms with E-state index in [-0.39, 0.29) is 4.00 Å². The number of methoxy groups -OCH3 is 1. The molecule has 5 nitrogen and oxygen atoms in total. The first-order valence-corrected chi connectivity index (χ1v) is 11.4. The SMILES string of the molecule is COC1CCC(C2=C3C=NC=C[N+]3(Cl)C(c3cccc(OCc4ccccc4)c3)=N2)CC1. The summed E-state index contributed by atoms with van der Waals surface area (Å²) in [5, 5.41) is 0. The number of fused-ring (bicyclic) bond motifs is 1. The Labute approximate surface area is 194 Å². The highest BCUT2D eigenvalue weighted by atomic mass is 35.5. The van der Waals surface area contributed by atoms with Crippen molar-refractivity contribution in [2.45, 2.75) is 38.4 Å². The summed E-state index contributed by atoms with van der Waals surface area (Å²) in [7, 11) is 1.80. The zero-order chi connectivity index (χ0) is 22.0. The van der Waals surface area contributed by atoms with Crippen molar-refractivity contribution in [3.8, 4) is 5.75 Å². The molecule has 2 aromatic rings. The van der Waals surface area contributed by atoms with E-state index in [4.69, 9.17) is 26.2 Å². The minimum atomic E-state index is 0.0190. The summed E-state index contributed by atoms with van der Waals surface area (Å²) in [6.45, 7) is 0.516. The van der Waals surface area contributed by atoms with Gasteiger partial charge in [-0.25, -0.2) is 0 Å². The first-order chi connectivity index (χ1) is 15.7. The van der Waals surface area contributed by atoms with Gasteiger partial charge in [0, 0.05) is 13.0 Å². The summed E-state index contributed by atoms with van der Waals surface area (Å²) in [6, 6.07) is 18.2. The quantitative estimate of drug-likeness (QED) is 0.511. The predicted octanol–water partition coefficient (Wildman–Crippen LogP) is 5.97. The second-order valence-corrected chi connectivity index (χ2v) is 8.96. The lowest BCUT2D eigenvalue weighted by Crippen LogP contribution is -2.38. The van der Waals surface area contributed by atoms with E-state index in [1.807, 2.05) is 54.9 Å². The molecule has 1 saturated carbocycles. The summed E-state index contributed by atoms with van der Waals surface area (Å²) in [6.07, 6.45) is 10.0. The molecule has 0 spiro atoms. The molecule has 1 atom stereocenters. The maximum Gasteiger partial charge on any atom is 0.263 e. The molecule has 3 aliphatic rings. The van der Waals surface area contributed by atoms with Crippen molar-refractivity contribution in [3.63, 3.8) is 0 Å². The minimum Gasteiger partial charge on any atom is -0.489 e. The van der Waals surface area contributed by atoms with Crippen molar-refractivity contribution in [1.29, 1.82) is 0 Å².